The number of anilines is 1. The molecule has 0 aliphatic heterocycles. The Balaban J connectivity index is 1.66. The third-order valence-electron chi connectivity index (χ3n) is 5.41. The highest BCUT2D eigenvalue weighted by atomic mass is 35.5. The number of rotatable bonds is 5. The van der Waals surface area contributed by atoms with Gasteiger partial charge in [-0.25, -0.2) is 14.3 Å². The lowest BCUT2D eigenvalue weighted by atomic mass is 10.2. The fraction of sp³-hybridized carbons (Fsp3) is 0.227. The quantitative estimate of drug-likeness (QED) is 0.413. The van der Waals surface area contributed by atoms with Crippen LogP contribution in [0.3, 0.4) is 0 Å². The van der Waals surface area contributed by atoms with Crippen molar-refractivity contribution >= 4 is 45.5 Å². The SMILES string of the molecule is Cc1ccc(N(C(=O)c2cn(Cc3cc4nc(C)n(C)c4cc3Cl)c(C)n2)S(=O)[O-])cc1. The van der Waals surface area contributed by atoms with Gasteiger partial charge in [-0.05, 0) is 50.6 Å². The molecular weight excluding hydrogens is 450 g/mol. The first-order valence-electron chi connectivity index (χ1n) is 9.81. The van der Waals surface area contributed by atoms with Crippen molar-refractivity contribution in [2.24, 2.45) is 7.05 Å². The van der Waals surface area contributed by atoms with Gasteiger partial charge >= 0.3 is 0 Å². The maximum Gasteiger partial charge on any atom is 0.289 e. The van der Waals surface area contributed by atoms with E-state index in [-0.39, 0.29) is 11.4 Å². The van der Waals surface area contributed by atoms with Crippen molar-refractivity contribution in [3.63, 3.8) is 0 Å². The summed E-state index contributed by atoms with van der Waals surface area (Å²) >= 11 is 3.72. The Kier molecular flexibility index (Phi) is 5.89. The molecule has 2 aromatic heterocycles. The van der Waals surface area contributed by atoms with Gasteiger partial charge in [0.15, 0.2) is 0 Å². The second-order valence-corrected chi connectivity index (χ2v) is 8.81. The van der Waals surface area contributed by atoms with E-state index in [1.165, 1.54) is 6.20 Å². The van der Waals surface area contributed by atoms with Gasteiger partial charge in [0, 0.05) is 18.3 Å². The van der Waals surface area contributed by atoms with Gasteiger partial charge in [-0.2, -0.15) is 0 Å². The molecule has 166 valence electrons. The summed E-state index contributed by atoms with van der Waals surface area (Å²) in [5, 5.41) is 0.573. The van der Waals surface area contributed by atoms with E-state index in [1.807, 2.05) is 37.6 Å². The minimum Gasteiger partial charge on any atom is -0.755 e. The summed E-state index contributed by atoms with van der Waals surface area (Å²) in [7, 11) is 1.93. The van der Waals surface area contributed by atoms with Crippen LogP contribution in [0.15, 0.2) is 42.6 Å². The normalized spacial score (nSPS) is 12.3. The number of aryl methyl sites for hydroxylation is 4. The molecule has 0 radical (unpaired) electrons. The maximum atomic E-state index is 13.0. The summed E-state index contributed by atoms with van der Waals surface area (Å²) in [6.07, 6.45) is 1.54. The zero-order valence-corrected chi connectivity index (χ0v) is 19.6. The third kappa shape index (κ3) is 4.06. The second-order valence-electron chi connectivity index (χ2n) is 7.60. The molecule has 0 bridgehead atoms. The van der Waals surface area contributed by atoms with Gasteiger partial charge in [0.2, 0.25) is 0 Å². The van der Waals surface area contributed by atoms with E-state index < -0.39 is 17.2 Å². The average molecular weight is 471 g/mol. The number of carbonyl (C=O) groups excluding carboxylic acids is 1. The number of hydrogen-bond acceptors (Lipinski definition) is 5. The van der Waals surface area contributed by atoms with Crippen molar-refractivity contribution < 1.29 is 13.6 Å². The van der Waals surface area contributed by atoms with Gasteiger partial charge in [0.1, 0.15) is 17.3 Å². The van der Waals surface area contributed by atoms with Crippen molar-refractivity contribution in [3.8, 4) is 0 Å². The molecule has 8 nitrogen and oxygen atoms in total. The fourth-order valence-corrected chi connectivity index (χ4v) is 4.25. The Bertz CT molecular complexity index is 1360. The number of fused-ring (bicyclic) bond motifs is 1. The molecule has 4 rings (SSSR count). The molecule has 0 fully saturated rings. The van der Waals surface area contributed by atoms with Crippen molar-refractivity contribution in [1.82, 2.24) is 19.1 Å². The zero-order chi connectivity index (χ0) is 23.2. The van der Waals surface area contributed by atoms with Crippen LogP contribution < -0.4 is 4.31 Å². The van der Waals surface area contributed by atoms with E-state index in [2.05, 4.69) is 9.97 Å². The van der Waals surface area contributed by atoms with Crippen molar-refractivity contribution in [2.75, 3.05) is 4.31 Å². The van der Waals surface area contributed by atoms with Crippen molar-refractivity contribution in [3.05, 3.63) is 76.1 Å². The van der Waals surface area contributed by atoms with Crippen LogP contribution in [0.2, 0.25) is 5.02 Å². The van der Waals surface area contributed by atoms with Crippen LogP contribution in [-0.4, -0.2) is 33.8 Å². The molecule has 2 aromatic carbocycles. The largest absolute Gasteiger partial charge is 0.755 e. The van der Waals surface area contributed by atoms with E-state index >= 15 is 0 Å². The summed E-state index contributed by atoms with van der Waals surface area (Å²) < 4.78 is 28.1. The van der Waals surface area contributed by atoms with Gasteiger partial charge in [0.05, 0.1) is 34.5 Å². The number of halogens is 1. The van der Waals surface area contributed by atoms with Crippen LogP contribution >= 0.6 is 11.6 Å². The van der Waals surface area contributed by atoms with Crippen molar-refractivity contribution in [1.29, 1.82) is 0 Å². The summed E-state index contributed by atoms with van der Waals surface area (Å²) in [5.41, 5.74) is 3.81. The smallest absolute Gasteiger partial charge is 0.289 e. The first-order valence-corrected chi connectivity index (χ1v) is 11.2. The second kappa shape index (κ2) is 8.50. The van der Waals surface area contributed by atoms with Crippen LogP contribution in [-0.2, 0) is 24.9 Å². The monoisotopic (exact) mass is 470 g/mol. The van der Waals surface area contributed by atoms with Gasteiger partial charge < -0.3 is 13.7 Å². The Labute approximate surface area is 192 Å². The lowest BCUT2D eigenvalue weighted by molar-refractivity contribution is 0.100. The van der Waals surface area contributed by atoms with Crippen LogP contribution in [0.25, 0.3) is 11.0 Å². The number of nitrogens with zero attached hydrogens (tertiary/aromatic N) is 5. The molecule has 4 aromatic rings. The van der Waals surface area contributed by atoms with Gasteiger partial charge in [0.25, 0.3) is 5.91 Å². The summed E-state index contributed by atoms with van der Waals surface area (Å²) in [5.74, 6) is 0.704. The molecule has 0 N–H and O–H groups in total. The minimum atomic E-state index is -2.79. The molecule has 0 saturated carbocycles. The number of carbonyl (C=O) groups is 1. The summed E-state index contributed by atoms with van der Waals surface area (Å²) in [6, 6.07) is 10.4. The predicted molar refractivity (Wildman–Crippen MR) is 123 cm³/mol. The molecule has 0 spiro atoms. The maximum absolute atomic E-state index is 13.0. The number of imidazole rings is 2. The van der Waals surface area contributed by atoms with Crippen LogP contribution in [0.1, 0.15) is 33.3 Å². The molecule has 10 heteroatoms. The Morgan fingerprint density at radius 1 is 1.12 bits per heavy atom. The molecule has 1 amide bonds. The van der Waals surface area contributed by atoms with Crippen LogP contribution in [0, 0.1) is 20.8 Å². The Morgan fingerprint density at radius 3 is 2.47 bits per heavy atom. The van der Waals surface area contributed by atoms with E-state index in [9.17, 15) is 13.6 Å². The van der Waals surface area contributed by atoms with E-state index in [0.29, 0.717) is 21.7 Å². The molecule has 1 atom stereocenters. The summed E-state index contributed by atoms with van der Waals surface area (Å²) in [6.45, 7) is 5.91. The lowest BCUT2D eigenvalue weighted by Gasteiger charge is -2.23. The van der Waals surface area contributed by atoms with Crippen LogP contribution in [0.4, 0.5) is 5.69 Å². The fourth-order valence-electron chi connectivity index (χ4n) is 3.51. The molecule has 0 saturated heterocycles. The lowest BCUT2D eigenvalue weighted by Crippen LogP contribution is -2.32. The standard InChI is InChI=1S/C22H22ClN5O3S/c1-13-5-7-17(8-6-13)28(32(30)31)22(29)20-12-27(15(3)25-20)11-16-9-19-21(10-18(16)23)26(4)14(2)24-19/h5-10,12H,11H2,1-4H3,(H,30,31)/p-1. The van der Waals surface area contributed by atoms with E-state index in [4.69, 9.17) is 11.6 Å². The van der Waals surface area contributed by atoms with E-state index in [0.717, 1.165) is 28.0 Å². The Hall–Kier alpha value is -3.01. The molecule has 32 heavy (non-hydrogen) atoms. The highest BCUT2D eigenvalue weighted by Gasteiger charge is 2.22. The summed E-state index contributed by atoms with van der Waals surface area (Å²) in [4.78, 5) is 21.8. The van der Waals surface area contributed by atoms with Gasteiger partial charge in [-0.1, -0.05) is 29.3 Å². The molecular formula is C22H21ClN5O3S-. The van der Waals surface area contributed by atoms with Crippen LogP contribution in [0.5, 0.6) is 0 Å². The topological polar surface area (TPSA) is 96.1 Å². The highest BCUT2D eigenvalue weighted by Crippen LogP contribution is 2.26. The zero-order valence-electron chi connectivity index (χ0n) is 18.0. The number of hydrogen-bond donors (Lipinski definition) is 0. The average Bonchev–Trinajstić information content (AvgIpc) is 3.23. The molecule has 2 heterocycles. The Morgan fingerprint density at radius 2 is 1.81 bits per heavy atom. The first-order chi connectivity index (χ1) is 15.2. The highest BCUT2D eigenvalue weighted by molar-refractivity contribution is 7.81. The van der Waals surface area contributed by atoms with Crippen molar-refractivity contribution in [2.45, 2.75) is 27.3 Å². The molecule has 0 aliphatic rings. The van der Waals surface area contributed by atoms with Gasteiger partial charge in [-0.3, -0.25) is 9.00 Å². The minimum absolute atomic E-state index is 0.0261. The first kappa shape index (κ1) is 22.2. The predicted octanol–water partition coefficient (Wildman–Crippen LogP) is 3.84. The molecule has 0 aliphatic carbocycles. The third-order valence-corrected chi connectivity index (χ3v) is 6.44. The van der Waals surface area contributed by atoms with E-state index in [1.54, 1.807) is 35.8 Å². The van der Waals surface area contributed by atoms with Gasteiger partial charge in [-0.15, -0.1) is 0 Å². The number of amides is 1. The number of benzene rings is 2. The number of aromatic nitrogens is 4. The molecule has 1 unspecified atom stereocenters.